The van der Waals surface area contributed by atoms with E-state index >= 15 is 0 Å². The molecule has 5 heteroatoms. The van der Waals surface area contributed by atoms with Crippen molar-refractivity contribution in [2.75, 3.05) is 13.1 Å². The number of nitrogens with one attached hydrogen (secondary N) is 2. The minimum atomic E-state index is 0.131. The van der Waals surface area contributed by atoms with Gasteiger partial charge in [-0.05, 0) is 81.3 Å². The number of fused-ring (bicyclic) bond motifs is 1. The molecule has 1 amide bonds. The first-order valence-corrected chi connectivity index (χ1v) is 12.5. The lowest BCUT2D eigenvalue weighted by Gasteiger charge is -2.56. The zero-order chi connectivity index (χ0) is 19.4. The summed E-state index contributed by atoms with van der Waals surface area (Å²) >= 11 is 1.83. The van der Waals surface area contributed by atoms with Crippen molar-refractivity contribution in [3.63, 3.8) is 0 Å². The molecule has 4 bridgehead atoms. The molecule has 0 spiro atoms. The van der Waals surface area contributed by atoms with Crippen LogP contribution in [0.15, 0.2) is 24.3 Å². The number of rotatable bonds is 4. The number of nitrogens with zero attached hydrogens (tertiary/aromatic N) is 1. The second kappa shape index (κ2) is 7.05. The van der Waals surface area contributed by atoms with Gasteiger partial charge in [0, 0.05) is 12.0 Å². The summed E-state index contributed by atoms with van der Waals surface area (Å²) < 4.78 is 1.27. The largest absolute Gasteiger partial charge is 0.346 e. The molecule has 1 aromatic carbocycles. The first kappa shape index (κ1) is 18.3. The van der Waals surface area contributed by atoms with Crippen molar-refractivity contribution in [3.05, 3.63) is 29.3 Å². The monoisotopic (exact) mass is 410 g/mol. The van der Waals surface area contributed by atoms with Gasteiger partial charge in [-0.2, -0.15) is 0 Å². The highest BCUT2D eigenvalue weighted by Crippen LogP contribution is 2.55. The van der Waals surface area contributed by atoms with Gasteiger partial charge >= 0.3 is 0 Å². The molecule has 2 N–H and O–H groups in total. The number of carbonyl (C=O) groups is 1. The Labute approximate surface area is 177 Å². The van der Waals surface area contributed by atoms with Crippen LogP contribution in [0, 0.1) is 17.8 Å². The second-order valence-electron chi connectivity index (χ2n) is 10.4. The quantitative estimate of drug-likeness (QED) is 0.811. The molecular formula is C24H32N3OS+. The number of hydrogen-bond acceptors (Lipinski definition) is 3. The van der Waals surface area contributed by atoms with E-state index in [1.807, 2.05) is 11.3 Å². The Bertz CT molecular complexity index is 853. The standard InChI is InChI=1S/C24H31N3OS/c28-22(26-24-12-16-9-17(13-24)11-18(10-16)14-24)15-27-8-4-3-6-20(27)23-25-19-5-1-2-7-21(19)29-23/h1-2,5,7,16-18,20H,3-4,6,8-15H2,(H,26,28)/p+1/t16?,17?,18?,20-,24?/m1/s1. The zero-order valence-electron chi connectivity index (χ0n) is 17.2. The van der Waals surface area contributed by atoms with E-state index in [9.17, 15) is 4.79 Å². The van der Waals surface area contributed by atoms with Crippen molar-refractivity contribution >= 4 is 27.5 Å². The van der Waals surface area contributed by atoms with Gasteiger partial charge in [0.1, 0.15) is 6.04 Å². The summed E-state index contributed by atoms with van der Waals surface area (Å²) in [5.74, 6) is 2.91. The number of aromatic nitrogens is 1. The minimum Gasteiger partial charge on any atom is -0.346 e. The fourth-order valence-electron chi connectivity index (χ4n) is 7.44. The summed E-state index contributed by atoms with van der Waals surface area (Å²) in [5.41, 5.74) is 1.24. The highest BCUT2D eigenvalue weighted by Gasteiger charge is 2.51. The van der Waals surface area contributed by atoms with Gasteiger partial charge in [-0.3, -0.25) is 4.79 Å². The van der Waals surface area contributed by atoms with Gasteiger partial charge in [0.25, 0.3) is 5.91 Å². The first-order chi connectivity index (χ1) is 14.2. The van der Waals surface area contributed by atoms with Gasteiger partial charge in [0.05, 0.1) is 16.8 Å². The molecular weight excluding hydrogens is 378 g/mol. The van der Waals surface area contributed by atoms with Crippen LogP contribution in [-0.2, 0) is 4.79 Å². The van der Waals surface area contributed by atoms with Crippen molar-refractivity contribution in [1.29, 1.82) is 0 Å². The van der Waals surface area contributed by atoms with Gasteiger partial charge in [0.2, 0.25) is 0 Å². The van der Waals surface area contributed by atoms with Crippen LogP contribution in [0.4, 0.5) is 0 Å². The number of para-hydroxylation sites is 1. The number of likely N-dealkylation sites (tertiary alicyclic amines) is 1. The number of carbonyl (C=O) groups excluding carboxylic acids is 1. The van der Waals surface area contributed by atoms with Crippen LogP contribution in [0.25, 0.3) is 10.2 Å². The van der Waals surface area contributed by atoms with Crippen LogP contribution in [0.1, 0.15) is 68.8 Å². The molecule has 1 aromatic heterocycles. The SMILES string of the molecule is O=C(C[NH+]1CCCC[C@@H]1c1nc2ccccc2s1)NC12CC3CC(CC(C3)C1)C2. The topological polar surface area (TPSA) is 46.4 Å². The van der Waals surface area contributed by atoms with Crippen molar-refractivity contribution < 1.29 is 9.69 Å². The van der Waals surface area contributed by atoms with Crippen molar-refractivity contribution in [1.82, 2.24) is 10.3 Å². The fourth-order valence-corrected chi connectivity index (χ4v) is 8.60. The highest BCUT2D eigenvalue weighted by molar-refractivity contribution is 7.18. The van der Waals surface area contributed by atoms with Gasteiger partial charge in [-0.25, -0.2) is 4.98 Å². The van der Waals surface area contributed by atoms with E-state index in [1.165, 1.54) is 66.0 Å². The third kappa shape index (κ3) is 3.40. The number of piperidine rings is 1. The Morgan fingerprint density at radius 3 is 2.55 bits per heavy atom. The fraction of sp³-hybridized carbons (Fsp3) is 0.667. The lowest BCUT2D eigenvalue weighted by Crippen LogP contribution is -3.14. The van der Waals surface area contributed by atoms with E-state index in [0.29, 0.717) is 12.6 Å². The Morgan fingerprint density at radius 1 is 1.10 bits per heavy atom. The molecule has 2 atom stereocenters. The van der Waals surface area contributed by atoms with Crippen molar-refractivity contribution in [2.45, 2.75) is 69.4 Å². The smallest absolute Gasteiger partial charge is 0.275 e. The summed E-state index contributed by atoms with van der Waals surface area (Å²) in [7, 11) is 0. The summed E-state index contributed by atoms with van der Waals surface area (Å²) in [6, 6.07) is 8.81. The minimum absolute atomic E-state index is 0.131. The molecule has 4 nitrogen and oxygen atoms in total. The van der Waals surface area contributed by atoms with Crippen LogP contribution in [0.2, 0.25) is 0 Å². The molecule has 0 radical (unpaired) electrons. The lowest BCUT2D eigenvalue weighted by molar-refractivity contribution is -0.929. The molecule has 4 aliphatic carbocycles. The van der Waals surface area contributed by atoms with E-state index in [4.69, 9.17) is 4.98 Å². The van der Waals surface area contributed by atoms with Crippen LogP contribution in [0.3, 0.4) is 0 Å². The Hall–Kier alpha value is -1.46. The van der Waals surface area contributed by atoms with Crippen LogP contribution < -0.4 is 10.2 Å². The van der Waals surface area contributed by atoms with E-state index < -0.39 is 0 Å². The number of thiazole rings is 1. The maximum absolute atomic E-state index is 13.2. The molecule has 2 heterocycles. The lowest BCUT2D eigenvalue weighted by atomic mass is 9.53. The molecule has 5 aliphatic rings. The maximum Gasteiger partial charge on any atom is 0.275 e. The average molecular weight is 411 g/mol. The average Bonchev–Trinajstić information content (AvgIpc) is 3.11. The Balaban J connectivity index is 1.17. The van der Waals surface area contributed by atoms with Crippen LogP contribution in [-0.4, -0.2) is 29.5 Å². The molecule has 1 aliphatic heterocycles. The van der Waals surface area contributed by atoms with E-state index in [0.717, 1.165) is 36.2 Å². The molecule has 29 heavy (non-hydrogen) atoms. The zero-order valence-corrected chi connectivity index (χ0v) is 18.0. The van der Waals surface area contributed by atoms with Crippen molar-refractivity contribution in [3.8, 4) is 0 Å². The molecule has 7 rings (SSSR count). The van der Waals surface area contributed by atoms with E-state index in [1.54, 1.807) is 0 Å². The first-order valence-electron chi connectivity index (χ1n) is 11.7. The van der Waals surface area contributed by atoms with E-state index in [-0.39, 0.29) is 11.4 Å². The van der Waals surface area contributed by atoms with Crippen molar-refractivity contribution in [2.24, 2.45) is 17.8 Å². The summed E-state index contributed by atoms with van der Waals surface area (Å²) in [6.07, 6.45) is 11.6. The molecule has 4 saturated carbocycles. The third-order valence-electron chi connectivity index (χ3n) is 8.17. The van der Waals surface area contributed by atoms with Gasteiger partial charge < -0.3 is 10.2 Å². The van der Waals surface area contributed by atoms with E-state index in [2.05, 4.69) is 29.6 Å². The second-order valence-corrected chi connectivity index (χ2v) is 11.5. The summed E-state index contributed by atoms with van der Waals surface area (Å²) in [4.78, 5) is 19.6. The molecule has 154 valence electrons. The Kier molecular flexibility index (Phi) is 4.46. The van der Waals surface area contributed by atoms with Crippen LogP contribution >= 0.6 is 11.3 Å². The number of amides is 1. The highest BCUT2D eigenvalue weighted by atomic mass is 32.1. The predicted octanol–water partition coefficient (Wildman–Crippen LogP) is 3.49. The van der Waals surface area contributed by atoms with Crippen LogP contribution in [0.5, 0.6) is 0 Å². The molecule has 1 unspecified atom stereocenters. The molecule has 2 aromatic rings. The Morgan fingerprint density at radius 2 is 1.83 bits per heavy atom. The molecule has 5 fully saturated rings. The van der Waals surface area contributed by atoms with Gasteiger partial charge in [0.15, 0.2) is 11.6 Å². The summed E-state index contributed by atoms with van der Waals surface area (Å²) in [6.45, 7) is 1.71. The normalized spacial score (nSPS) is 38.4. The third-order valence-corrected chi connectivity index (χ3v) is 9.32. The number of quaternary nitrogens is 1. The maximum atomic E-state index is 13.2. The number of hydrogen-bond donors (Lipinski definition) is 2. The molecule has 1 saturated heterocycles. The van der Waals surface area contributed by atoms with Gasteiger partial charge in [-0.15, -0.1) is 11.3 Å². The number of benzene rings is 1. The summed E-state index contributed by atoms with van der Waals surface area (Å²) in [5, 5.41) is 4.82. The van der Waals surface area contributed by atoms with Gasteiger partial charge in [-0.1, -0.05) is 12.1 Å². The predicted molar refractivity (Wildman–Crippen MR) is 116 cm³/mol.